The molecule has 1 aromatic carbocycles. The monoisotopic (exact) mass is 280 g/mol. The smallest absolute Gasteiger partial charge is 0.148 e. The zero-order chi connectivity index (χ0) is 14.0. The van der Waals surface area contributed by atoms with E-state index in [0.717, 1.165) is 4.88 Å². The summed E-state index contributed by atoms with van der Waals surface area (Å²) in [5.41, 5.74) is 6.34. The number of aryl methyl sites for hydroxylation is 1. The van der Waals surface area contributed by atoms with E-state index < -0.39 is 0 Å². The third-order valence-corrected chi connectivity index (χ3v) is 4.06. The fraction of sp³-hybridized carbons (Fsp3) is 0.286. The minimum atomic E-state index is -0.376. The molecule has 0 saturated carbocycles. The molecule has 1 aromatic heterocycles. The van der Waals surface area contributed by atoms with E-state index in [1.54, 1.807) is 17.4 Å². The first-order valence-corrected chi connectivity index (χ1v) is 6.78. The highest BCUT2D eigenvalue weighted by molar-refractivity contribution is 7.12. The van der Waals surface area contributed by atoms with E-state index in [-0.39, 0.29) is 11.9 Å². The third kappa shape index (κ3) is 2.98. The lowest BCUT2D eigenvalue weighted by atomic mass is 10.2. The highest BCUT2D eigenvalue weighted by Gasteiger charge is 2.13. The van der Waals surface area contributed by atoms with Crippen molar-refractivity contribution in [1.82, 2.24) is 0 Å². The fourth-order valence-corrected chi connectivity index (χ4v) is 2.73. The molecule has 3 nitrogen and oxygen atoms in total. The zero-order valence-corrected chi connectivity index (χ0v) is 12.0. The molecule has 0 bridgehead atoms. The summed E-state index contributed by atoms with van der Waals surface area (Å²) in [7, 11) is 1.51. The van der Waals surface area contributed by atoms with E-state index in [0.29, 0.717) is 17.1 Å². The molecule has 0 fully saturated rings. The number of thiophene rings is 1. The second-order valence-electron chi connectivity index (χ2n) is 4.39. The number of halogens is 1. The molecule has 0 radical (unpaired) electrons. The Morgan fingerprint density at radius 1 is 1.37 bits per heavy atom. The Kier molecular flexibility index (Phi) is 3.95. The number of methoxy groups -OCH3 is 1. The summed E-state index contributed by atoms with van der Waals surface area (Å²) in [5.74, 6) is 0.0943. The standard InChI is InChI=1S/C14H17FN2OS/c1-8-4-5-14(19-8)9(2)17-12-7-13(18-3)11(16)6-10(12)15/h4-7,9,17H,16H2,1-3H3. The van der Waals surface area contributed by atoms with Gasteiger partial charge in [0.1, 0.15) is 11.6 Å². The predicted molar refractivity (Wildman–Crippen MR) is 78.5 cm³/mol. The van der Waals surface area contributed by atoms with Gasteiger partial charge in [0, 0.05) is 21.9 Å². The molecule has 0 aliphatic rings. The largest absolute Gasteiger partial charge is 0.495 e. The summed E-state index contributed by atoms with van der Waals surface area (Å²) in [6.07, 6.45) is 0. The molecule has 0 saturated heterocycles. The van der Waals surface area contributed by atoms with E-state index in [1.807, 2.05) is 19.9 Å². The van der Waals surface area contributed by atoms with E-state index in [9.17, 15) is 4.39 Å². The topological polar surface area (TPSA) is 47.3 Å². The van der Waals surface area contributed by atoms with Gasteiger partial charge in [-0.1, -0.05) is 0 Å². The van der Waals surface area contributed by atoms with Crippen LogP contribution in [0.15, 0.2) is 24.3 Å². The van der Waals surface area contributed by atoms with E-state index in [4.69, 9.17) is 10.5 Å². The minimum absolute atomic E-state index is 0.0292. The van der Waals surface area contributed by atoms with Crippen molar-refractivity contribution in [1.29, 1.82) is 0 Å². The van der Waals surface area contributed by atoms with Crippen molar-refractivity contribution in [3.8, 4) is 5.75 Å². The van der Waals surface area contributed by atoms with Gasteiger partial charge in [0.15, 0.2) is 0 Å². The first kappa shape index (κ1) is 13.7. The summed E-state index contributed by atoms with van der Waals surface area (Å²) in [5, 5.41) is 3.14. The van der Waals surface area contributed by atoms with Gasteiger partial charge >= 0.3 is 0 Å². The highest BCUT2D eigenvalue weighted by atomic mass is 32.1. The number of benzene rings is 1. The van der Waals surface area contributed by atoms with Crippen LogP contribution < -0.4 is 15.8 Å². The highest BCUT2D eigenvalue weighted by Crippen LogP contribution is 2.32. The summed E-state index contributed by atoms with van der Waals surface area (Å²) in [6, 6.07) is 6.98. The van der Waals surface area contributed by atoms with E-state index >= 15 is 0 Å². The fourth-order valence-electron chi connectivity index (χ4n) is 1.85. The van der Waals surface area contributed by atoms with Crippen molar-refractivity contribution in [2.45, 2.75) is 19.9 Å². The van der Waals surface area contributed by atoms with Crippen molar-refractivity contribution in [3.05, 3.63) is 39.8 Å². The number of nitrogen functional groups attached to an aromatic ring is 1. The Balaban J connectivity index is 2.23. The molecule has 3 N–H and O–H groups in total. The summed E-state index contributed by atoms with van der Waals surface area (Å²) < 4.78 is 19.0. The van der Waals surface area contributed by atoms with Gasteiger partial charge in [0.2, 0.25) is 0 Å². The Morgan fingerprint density at radius 3 is 2.68 bits per heavy atom. The van der Waals surface area contributed by atoms with Gasteiger partial charge in [-0.2, -0.15) is 0 Å². The number of nitrogens with one attached hydrogen (secondary N) is 1. The Labute approximate surface area is 116 Å². The van der Waals surface area contributed by atoms with Crippen LogP contribution in [-0.2, 0) is 0 Å². The molecule has 0 aliphatic carbocycles. The normalized spacial score (nSPS) is 12.2. The summed E-state index contributed by atoms with van der Waals surface area (Å²) in [4.78, 5) is 2.40. The molecule has 1 atom stereocenters. The molecular weight excluding hydrogens is 263 g/mol. The number of nitrogens with two attached hydrogens (primary N) is 1. The van der Waals surface area contributed by atoms with Gasteiger partial charge in [-0.05, 0) is 26.0 Å². The SMILES string of the molecule is COc1cc(NC(C)c2ccc(C)s2)c(F)cc1N. The van der Waals surface area contributed by atoms with Crippen LogP contribution in [0.4, 0.5) is 15.8 Å². The van der Waals surface area contributed by atoms with Crippen molar-refractivity contribution in [3.63, 3.8) is 0 Å². The maximum atomic E-state index is 13.9. The van der Waals surface area contributed by atoms with Gasteiger partial charge in [-0.3, -0.25) is 0 Å². The first-order valence-electron chi connectivity index (χ1n) is 5.97. The molecule has 5 heteroatoms. The lowest BCUT2D eigenvalue weighted by Crippen LogP contribution is -2.07. The molecule has 0 amide bonds. The molecule has 2 aromatic rings. The van der Waals surface area contributed by atoms with Crippen LogP contribution >= 0.6 is 11.3 Å². The molecule has 0 spiro atoms. The Hall–Kier alpha value is -1.75. The predicted octanol–water partition coefficient (Wildman–Crippen LogP) is 3.96. The average molecular weight is 280 g/mol. The van der Waals surface area contributed by atoms with E-state index in [1.165, 1.54) is 18.1 Å². The number of hydrogen-bond donors (Lipinski definition) is 2. The molecule has 2 rings (SSSR count). The summed E-state index contributed by atoms with van der Waals surface area (Å²) >= 11 is 1.69. The first-order chi connectivity index (χ1) is 9.01. The third-order valence-electron chi connectivity index (χ3n) is 2.88. The maximum Gasteiger partial charge on any atom is 0.148 e. The van der Waals surface area contributed by atoms with Crippen LogP contribution in [0.3, 0.4) is 0 Å². The van der Waals surface area contributed by atoms with Crippen molar-refractivity contribution >= 4 is 22.7 Å². The second kappa shape index (κ2) is 5.48. The van der Waals surface area contributed by atoms with Gasteiger partial charge in [0.25, 0.3) is 0 Å². The number of rotatable bonds is 4. The molecule has 102 valence electrons. The van der Waals surface area contributed by atoms with Crippen molar-refractivity contribution < 1.29 is 9.13 Å². The van der Waals surface area contributed by atoms with Crippen LogP contribution in [0.25, 0.3) is 0 Å². The number of hydrogen-bond acceptors (Lipinski definition) is 4. The van der Waals surface area contributed by atoms with Crippen LogP contribution in [0.1, 0.15) is 22.7 Å². The average Bonchev–Trinajstić information content (AvgIpc) is 2.79. The molecular formula is C14H17FN2OS. The van der Waals surface area contributed by atoms with Crippen molar-refractivity contribution in [2.75, 3.05) is 18.2 Å². The lowest BCUT2D eigenvalue weighted by molar-refractivity contribution is 0.416. The van der Waals surface area contributed by atoms with Gasteiger partial charge in [-0.15, -0.1) is 11.3 Å². The minimum Gasteiger partial charge on any atom is -0.495 e. The van der Waals surface area contributed by atoms with Gasteiger partial charge < -0.3 is 15.8 Å². The summed E-state index contributed by atoms with van der Waals surface area (Å²) in [6.45, 7) is 4.04. The Bertz CT molecular complexity index is 583. The quantitative estimate of drug-likeness (QED) is 0.833. The lowest BCUT2D eigenvalue weighted by Gasteiger charge is -2.16. The Morgan fingerprint density at radius 2 is 2.11 bits per heavy atom. The van der Waals surface area contributed by atoms with Gasteiger partial charge in [0.05, 0.1) is 24.5 Å². The molecule has 1 unspecified atom stereocenters. The molecule has 1 heterocycles. The molecule has 19 heavy (non-hydrogen) atoms. The van der Waals surface area contributed by atoms with E-state index in [2.05, 4.69) is 11.4 Å². The zero-order valence-electron chi connectivity index (χ0n) is 11.2. The van der Waals surface area contributed by atoms with Crippen LogP contribution in [0.5, 0.6) is 5.75 Å². The van der Waals surface area contributed by atoms with Gasteiger partial charge in [-0.25, -0.2) is 4.39 Å². The molecule has 0 aliphatic heterocycles. The van der Waals surface area contributed by atoms with Crippen LogP contribution in [0, 0.1) is 12.7 Å². The number of ether oxygens (including phenoxy) is 1. The second-order valence-corrected chi connectivity index (χ2v) is 5.71. The van der Waals surface area contributed by atoms with Crippen LogP contribution in [0.2, 0.25) is 0 Å². The van der Waals surface area contributed by atoms with Crippen molar-refractivity contribution in [2.24, 2.45) is 0 Å². The number of anilines is 2. The maximum absolute atomic E-state index is 13.9. The van der Waals surface area contributed by atoms with Crippen LogP contribution in [-0.4, -0.2) is 7.11 Å².